The lowest BCUT2D eigenvalue weighted by molar-refractivity contribution is -1.00. The summed E-state index contributed by atoms with van der Waals surface area (Å²) in [6.45, 7) is 9.02. The molecule has 0 saturated carbocycles. The van der Waals surface area contributed by atoms with Gasteiger partial charge in [0.05, 0.1) is 0 Å². The first-order chi connectivity index (χ1) is 14.4. The lowest BCUT2D eigenvalue weighted by atomic mass is 10.1. The molecule has 1 fully saturated rings. The fourth-order valence-corrected chi connectivity index (χ4v) is 3.95. The summed E-state index contributed by atoms with van der Waals surface area (Å²) >= 11 is 5.88. The molecule has 0 atom stereocenters. The number of benzene rings is 2. The molecule has 160 valence electrons. The molecule has 1 saturated heterocycles. The zero-order valence-corrected chi connectivity index (χ0v) is 18.4. The predicted molar refractivity (Wildman–Crippen MR) is 119 cm³/mol. The topological polar surface area (TPSA) is 67.1 Å². The zero-order valence-electron chi connectivity index (χ0n) is 17.7. The van der Waals surface area contributed by atoms with Gasteiger partial charge in [-0.1, -0.05) is 41.9 Å². The maximum atomic E-state index is 12.5. The number of hydrogen-bond acceptors (Lipinski definition) is 2. The van der Waals surface area contributed by atoms with E-state index in [0.29, 0.717) is 24.7 Å². The average molecular weight is 431 g/mol. The van der Waals surface area contributed by atoms with E-state index in [2.05, 4.69) is 10.6 Å². The van der Waals surface area contributed by atoms with Crippen LogP contribution in [0.15, 0.2) is 42.5 Å². The van der Waals surface area contributed by atoms with Crippen molar-refractivity contribution in [2.75, 3.05) is 44.6 Å². The van der Waals surface area contributed by atoms with E-state index < -0.39 is 0 Å². The monoisotopic (exact) mass is 430 g/mol. The van der Waals surface area contributed by atoms with E-state index in [4.69, 9.17) is 11.6 Å². The maximum absolute atomic E-state index is 12.5. The second-order valence-corrected chi connectivity index (χ2v) is 8.51. The molecule has 2 aromatic carbocycles. The predicted octanol–water partition coefficient (Wildman–Crippen LogP) is -0.00486. The van der Waals surface area contributed by atoms with Gasteiger partial charge in [-0.05, 0) is 42.7 Å². The minimum absolute atomic E-state index is 0.0477. The Labute approximate surface area is 183 Å². The second-order valence-electron chi connectivity index (χ2n) is 8.07. The molecule has 1 heterocycles. The molecule has 30 heavy (non-hydrogen) atoms. The van der Waals surface area contributed by atoms with Crippen molar-refractivity contribution >= 4 is 29.1 Å². The van der Waals surface area contributed by atoms with E-state index in [0.717, 1.165) is 48.6 Å². The Morgan fingerprint density at radius 2 is 1.40 bits per heavy atom. The molecule has 0 spiro atoms. The number of amides is 2. The van der Waals surface area contributed by atoms with Gasteiger partial charge in [-0.2, -0.15) is 0 Å². The van der Waals surface area contributed by atoms with Crippen molar-refractivity contribution in [2.45, 2.75) is 20.4 Å². The molecule has 0 bridgehead atoms. The van der Waals surface area contributed by atoms with Crippen molar-refractivity contribution in [3.8, 4) is 0 Å². The van der Waals surface area contributed by atoms with Gasteiger partial charge in [0.15, 0.2) is 13.1 Å². The Morgan fingerprint density at radius 3 is 1.97 bits per heavy atom. The number of quaternary nitrogens is 2. The van der Waals surface area contributed by atoms with Crippen LogP contribution in [0.1, 0.15) is 16.7 Å². The van der Waals surface area contributed by atoms with Crippen LogP contribution in [-0.4, -0.2) is 51.1 Å². The molecular weight excluding hydrogens is 400 g/mol. The standard InChI is InChI=1S/C23H29ClN4O2/c1-17-4-3-5-18(2)23(17)26-22(30)16-28-12-10-27(11-13-28)15-21(29)25-14-19-6-8-20(24)9-7-19/h3-9H,10-16H2,1-2H3,(H,25,29)(H,26,30)/p+2. The van der Waals surface area contributed by atoms with Crippen LogP contribution in [0.25, 0.3) is 0 Å². The van der Waals surface area contributed by atoms with Gasteiger partial charge in [-0.3, -0.25) is 9.59 Å². The molecule has 6 nitrogen and oxygen atoms in total. The first-order valence-electron chi connectivity index (χ1n) is 10.4. The van der Waals surface area contributed by atoms with E-state index in [1.807, 2.05) is 56.3 Å². The van der Waals surface area contributed by atoms with Gasteiger partial charge >= 0.3 is 0 Å². The minimum Gasteiger partial charge on any atom is -0.347 e. The Hall–Kier alpha value is -2.41. The molecule has 1 aliphatic rings. The van der Waals surface area contributed by atoms with Crippen molar-refractivity contribution in [2.24, 2.45) is 0 Å². The molecule has 0 unspecified atom stereocenters. The molecule has 7 heteroatoms. The van der Waals surface area contributed by atoms with Crippen LogP contribution in [-0.2, 0) is 16.1 Å². The molecule has 2 aromatic rings. The third kappa shape index (κ3) is 6.55. The molecule has 0 aromatic heterocycles. The average Bonchev–Trinajstić information content (AvgIpc) is 2.72. The minimum atomic E-state index is 0.0477. The molecule has 1 aliphatic heterocycles. The number of hydrogen-bond donors (Lipinski definition) is 4. The summed E-state index contributed by atoms with van der Waals surface area (Å²) in [4.78, 5) is 27.3. The third-order valence-electron chi connectivity index (χ3n) is 5.63. The number of rotatable bonds is 7. The van der Waals surface area contributed by atoms with Crippen molar-refractivity contribution < 1.29 is 19.4 Å². The van der Waals surface area contributed by atoms with E-state index in [-0.39, 0.29) is 11.8 Å². The Morgan fingerprint density at radius 1 is 0.867 bits per heavy atom. The van der Waals surface area contributed by atoms with Crippen molar-refractivity contribution in [1.29, 1.82) is 0 Å². The van der Waals surface area contributed by atoms with Crippen LogP contribution in [0, 0.1) is 13.8 Å². The van der Waals surface area contributed by atoms with E-state index in [9.17, 15) is 9.59 Å². The number of piperazine rings is 1. The molecule has 4 N–H and O–H groups in total. The highest BCUT2D eigenvalue weighted by Gasteiger charge is 2.26. The van der Waals surface area contributed by atoms with Crippen LogP contribution in [0.3, 0.4) is 0 Å². The van der Waals surface area contributed by atoms with Gasteiger partial charge in [0.25, 0.3) is 11.8 Å². The number of nitrogens with one attached hydrogen (secondary N) is 4. The summed E-state index contributed by atoms with van der Waals surface area (Å²) in [7, 11) is 0. The molecule has 3 rings (SSSR count). The van der Waals surface area contributed by atoms with Crippen molar-refractivity contribution in [3.63, 3.8) is 0 Å². The Balaban J connectivity index is 1.37. The highest BCUT2D eigenvalue weighted by molar-refractivity contribution is 6.30. The van der Waals surface area contributed by atoms with Gasteiger partial charge in [-0.25, -0.2) is 0 Å². The number of para-hydroxylation sites is 1. The highest BCUT2D eigenvalue weighted by Crippen LogP contribution is 2.18. The van der Waals surface area contributed by atoms with Crippen LogP contribution in [0.2, 0.25) is 5.02 Å². The third-order valence-corrected chi connectivity index (χ3v) is 5.89. The van der Waals surface area contributed by atoms with E-state index in [1.54, 1.807) is 0 Å². The van der Waals surface area contributed by atoms with Gasteiger partial charge in [0.1, 0.15) is 26.2 Å². The summed E-state index contributed by atoms with van der Waals surface area (Å²) < 4.78 is 0. The number of carbonyl (C=O) groups excluding carboxylic acids is 2. The number of aryl methyl sites for hydroxylation is 2. The van der Waals surface area contributed by atoms with Crippen molar-refractivity contribution in [1.82, 2.24) is 5.32 Å². The first kappa shape index (κ1) is 22.3. The Kier molecular flexibility index (Phi) is 7.85. The summed E-state index contributed by atoms with van der Waals surface area (Å²) in [6.07, 6.45) is 0. The zero-order chi connectivity index (χ0) is 21.5. The van der Waals surface area contributed by atoms with Crippen LogP contribution in [0.5, 0.6) is 0 Å². The fraction of sp³-hybridized carbons (Fsp3) is 0.391. The Bertz CT molecular complexity index is 857. The lowest BCUT2D eigenvalue weighted by Crippen LogP contribution is -3.28. The fourth-order valence-electron chi connectivity index (χ4n) is 3.83. The second kappa shape index (κ2) is 10.6. The van der Waals surface area contributed by atoms with Crippen molar-refractivity contribution in [3.05, 3.63) is 64.2 Å². The summed E-state index contributed by atoms with van der Waals surface area (Å²) in [6, 6.07) is 13.5. The smallest absolute Gasteiger partial charge is 0.279 e. The van der Waals surface area contributed by atoms with Gasteiger partial charge in [0, 0.05) is 17.3 Å². The van der Waals surface area contributed by atoms with Crippen LogP contribution in [0.4, 0.5) is 5.69 Å². The number of halogens is 1. The lowest BCUT2D eigenvalue weighted by Gasteiger charge is -2.29. The van der Waals surface area contributed by atoms with Gasteiger partial charge < -0.3 is 20.4 Å². The van der Waals surface area contributed by atoms with Crippen LogP contribution < -0.4 is 20.4 Å². The van der Waals surface area contributed by atoms with E-state index >= 15 is 0 Å². The largest absolute Gasteiger partial charge is 0.347 e. The molecular formula is C23H31ClN4O2+2. The summed E-state index contributed by atoms with van der Waals surface area (Å²) in [5, 5.41) is 6.73. The first-order valence-corrected chi connectivity index (χ1v) is 10.8. The highest BCUT2D eigenvalue weighted by atomic mass is 35.5. The molecule has 0 aliphatic carbocycles. The molecule has 0 radical (unpaired) electrons. The normalized spacial score (nSPS) is 18.6. The quantitative estimate of drug-likeness (QED) is 0.499. The molecule has 2 amide bonds. The van der Waals surface area contributed by atoms with Crippen LogP contribution >= 0.6 is 11.6 Å². The summed E-state index contributed by atoms with van der Waals surface area (Å²) in [5.74, 6) is 0.0997. The van der Waals surface area contributed by atoms with Gasteiger partial charge in [-0.15, -0.1) is 0 Å². The SMILES string of the molecule is Cc1cccc(C)c1NC(=O)C[NH+]1CC[NH+](CC(=O)NCc2ccc(Cl)cc2)CC1. The van der Waals surface area contributed by atoms with Gasteiger partial charge in [0.2, 0.25) is 0 Å². The number of carbonyl (C=O) groups is 2. The number of anilines is 1. The summed E-state index contributed by atoms with van der Waals surface area (Å²) in [5.41, 5.74) is 4.12. The van der Waals surface area contributed by atoms with E-state index in [1.165, 1.54) is 9.80 Å². The maximum Gasteiger partial charge on any atom is 0.279 e.